The number of aliphatic hydroxyl groups is 3. The summed E-state index contributed by atoms with van der Waals surface area (Å²) in [6.45, 7) is -0.535. The van der Waals surface area contributed by atoms with Crippen LogP contribution >= 0.6 is 15.9 Å². The number of H-pyrrole nitrogens is 1. The van der Waals surface area contributed by atoms with E-state index in [9.17, 15) is 19.8 Å². The minimum Gasteiger partial charge on any atom is -0.394 e. The van der Waals surface area contributed by atoms with E-state index in [-0.39, 0.29) is 40.5 Å². The van der Waals surface area contributed by atoms with E-state index in [4.69, 9.17) is 9.84 Å². The van der Waals surface area contributed by atoms with Crippen LogP contribution in [0.1, 0.15) is 6.23 Å². The van der Waals surface area contributed by atoms with Gasteiger partial charge in [-0.3, -0.25) is 14.7 Å². The Kier molecular flexibility index (Phi) is 5.80. The number of hydrogen-bond donors (Lipinski definition) is 4. The number of halogens is 1. The van der Waals surface area contributed by atoms with Crippen LogP contribution in [-0.2, 0) is 4.74 Å². The van der Waals surface area contributed by atoms with Crippen LogP contribution in [0.25, 0.3) is 10.9 Å². The zero-order chi connectivity index (χ0) is 16.0. The van der Waals surface area contributed by atoms with Crippen molar-refractivity contribution in [3.63, 3.8) is 0 Å². The number of rotatable bonds is 2. The molecule has 9 nitrogen and oxygen atoms in total. The number of nitrogens with zero attached hydrogens (tertiary/aromatic N) is 2. The van der Waals surface area contributed by atoms with E-state index in [1.54, 1.807) is 0 Å². The quantitative estimate of drug-likeness (QED) is 0.375. The molecule has 0 spiro atoms. The van der Waals surface area contributed by atoms with Crippen molar-refractivity contribution in [1.82, 2.24) is 14.8 Å². The molecule has 2 aromatic rings. The predicted octanol–water partition coefficient (Wildman–Crippen LogP) is -4.54. The van der Waals surface area contributed by atoms with Crippen molar-refractivity contribution in [1.29, 1.82) is 0 Å². The van der Waals surface area contributed by atoms with Gasteiger partial charge in [-0.05, 0) is 22.0 Å². The van der Waals surface area contributed by atoms with Crippen molar-refractivity contribution in [3.8, 4) is 0 Å². The Morgan fingerprint density at radius 3 is 2.65 bits per heavy atom. The largest absolute Gasteiger partial charge is 1.00 e. The zero-order valence-electron chi connectivity index (χ0n) is 12.0. The van der Waals surface area contributed by atoms with Crippen molar-refractivity contribution in [2.75, 3.05) is 6.61 Å². The maximum atomic E-state index is 12.4. The first-order chi connectivity index (χ1) is 10.4. The van der Waals surface area contributed by atoms with E-state index in [2.05, 4.69) is 26.0 Å². The third-order valence-corrected chi connectivity index (χ3v) is 3.95. The van der Waals surface area contributed by atoms with Gasteiger partial charge in [0, 0.05) is 10.7 Å². The van der Waals surface area contributed by atoms with E-state index >= 15 is 0 Å². The van der Waals surface area contributed by atoms with Gasteiger partial charge in [-0.25, -0.2) is 9.67 Å². The van der Waals surface area contributed by atoms with Crippen molar-refractivity contribution >= 4 is 26.8 Å². The average Bonchev–Trinajstić information content (AvgIpc) is 2.78. The number of fused-ring (bicyclic) bond motifs is 1. The Bertz CT molecular complexity index is 840. The zero-order valence-corrected chi connectivity index (χ0v) is 15.6. The van der Waals surface area contributed by atoms with Gasteiger partial charge in [0.05, 0.1) is 12.0 Å². The molecule has 3 heterocycles. The third-order valence-electron chi connectivity index (χ3n) is 3.51. The molecule has 2 aromatic heterocycles. The first-order valence-corrected chi connectivity index (χ1v) is 7.16. The summed E-state index contributed by atoms with van der Waals surface area (Å²) in [6.07, 6.45) is -3.85. The maximum absolute atomic E-state index is 12.4. The van der Waals surface area contributed by atoms with Gasteiger partial charge >= 0.3 is 29.6 Å². The minimum absolute atomic E-state index is 0. The molecule has 1 aliphatic rings. The van der Waals surface area contributed by atoms with Crippen molar-refractivity contribution in [2.45, 2.75) is 24.5 Å². The Labute approximate surface area is 159 Å². The van der Waals surface area contributed by atoms with Gasteiger partial charge in [0.25, 0.3) is 11.1 Å². The molecule has 0 radical (unpaired) electrons. The molecule has 118 valence electrons. The molecule has 1 saturated heterocycles. The molecule has 1 aliphatic heterocycles. The number of hydrogen-bond acceptors (Lipinski definition) is 7. The number of nitrogens with one attached hydrogen (secondary N) is 1. The molecular formula is C12H12BrN3NaO6+. The SMILES string of the molecule is O=c1[nH]n([C@@H]2O[C@H](CO)[C@@H](O)[C@H]2O)c(=O)c2ncc(Br)cc12.[Na+]. The average molecular weight is 397 g/mol. The fourth-order valence-corrected chi connectivity index (χ4v) is 2.72. The normalized spacial score (nSPS) is 27.1. The summed E-state index contributed by atoms with van der Waals surface area (Å²) in [5.41, 5.74) is -1.37. The van der Waals surface area contributed by atoms with Crippen LogP contribution in [0.3, 0.4) is 0 Å². The third kappa shape index (κ3) is 3.17. The van der Waals surface area contributed by atoms with Crippen molar-refractivity contribution < 1.29 is 49.6 Å². The standard InChI is InChI=1S/C12H12BrN3O6.Na/c13-4-1-5-7(14-2-4)11(21)16(15-10(5)20)12-9(19)8(18)6(3-17)22-12;/h1-2,6,8-9,12,17-19H,3H2,(H,15,20);/q;+1/t6-,8-,9-,12-;/m1./s1. The fraction of sp³-hybridized carbons (Fsp3) is 0.417. The second-order valence-electron chi connectivity index (χ2n) is 4.89. The fourth-order valence-electron chi connectivity index (χ4n) is 2.39. The number of aromatic amines is 1. The molecule has 4 N–H and O–H groups in total. The van der Waals surface area contributed by atoms with Crippen LogP contribution in [-0.4, -0.2) is 55.0 Å². The Hall–Kier alpha value is -0.590. The molecule has 0 saturated carbocycles. The molecule has 23 heavy (non-hydrogen) atoms. The Morgan fingerprint density at radius 1 is 1.35 bits per heavy atom. The van der Waals surface area contributed by atoms with Gasteiger partial charge in [-0.1, -0.05) is 0 Å². The van der Waals surface area contributed by atoms with E-state index in [0.717, 1.165) is 4.68 Å². The van der Waals surface area contributed by atoms with Crippen molar-refractivity contribution in [2.24, 2.45) is 0 Å². The summed E-state index contributed by atoms with van der Waals surface area (Å²) < 4.78 is 6.55. The predicted molar refractivity (Wildman–Crippen MR) is 77.3 cm³/mol. The summed E-state index contributed by atoms with van der Waals surface area (Å²) in [6, 6.07) is 1.45. The van der Waals surface area contributed by atoms with Gasteiger partial charge in [0.15, 0.2) is 6.23 Å². The number of pyridine rings is 1. The van der Waals surface area contributed by atoms with Crippen LogP contribution in [0.4, 0.5) is 0 Å². The first kappa shape index (κ1) is 18.7. The van der Waals surface area contributed by atoms with Gasteiger partial charge in [-0.2, -0.15) is 0 Å². The molecule has 3 rings (SSSR count). The second-order valence-corrected chi connectivity index (χ2v) is 5.81. The van der Waals surface area contributed by atoms with Gasteiger partial charge in [0.1, 0.15) is 23.8 Å². The minimum atomic E-state index is -1.47. The smallest absolute Gasteiger partial charge is 0.394 e. The Balaban J connectivity index is 0.00000192. The van der Waals surface area contributed by atoms with Crippen LogP contribution < -0.4 is 40.7 Å². The first-order valence-electron chi connectivity index (χ1n) is 6.36. The topological polar surface area (TPSA) is 138 Å². The van der Waals surface area contributed by atoms with Crippen LogP contribution in [0.2, 0.25) is 0 Å². The summed E-state index contributed by atoms with van der Waals surface area (Å²) in [7, 11) is 0. The molecule has 11 heteroatoms. The molecular weight excluding hydrogens is 385 g/mol. The Morgan fingerprint density at radius 2 is 2.04 bits per heavy atom. The monoisotopic (exact) mass is 396 g/mol. The summed E-state index contributed by atoms with van der Waals surface area (Å²) in [5, 5.41) is 31.1. The summed E-state index contributed by atoms with van der Waals surface area (Å²) in [4.78, 5) is 28.4. The van der Waals surface area contributed by atoms with Gasteiger partial charge < -0.3 is 20.1 Å². The molecule has 0 bridgehead atoms. The number of ether oxygens (including phenoxy) is 1. The molecule has 1 fully saturated rings. The van der Waals surface area contributed by atoms with Gasteiger partial charge in [-0.15, -0.1) is 0 Å². The second kappa shape index (κ2) is 7.11. The molecule has 4 atom stereocenters. The summed E-state index contributed by atoms with van der Waals surface area (Å²) in [5.74, 6) is 0. The summed E-state index contributed by atoms with van der Waals surface area (Å²) >= 11 is 3.16. The molecule has 0 aliphatic carbocycles. The maximum Gasteiger partial charge on any atom is 1.00 e. The molecule has 0 aromatic carbocycles. The number of aromatic nitrogens is 3. The van der Waals surface area contributed by atoms with E-state index in [1.165, 1.54) is 12.3 Å². The van der Waals surface area contributed by atoms with Crippen LogP contribution in [0.5, 0.6) is 0 Å². The van der Waals surface area contributed by atoms with E-state index in [0.29, 0.717) is 4.47 Å². The van der Waals surface area contributed by atoms with Gasteiger partial charge in [0.2, 0.25) is 0 Å². The van der Waals surface area contributed by atoms with Crippen LogP contribution in [0, 0.1) is 0 Å². The number of aliphatic hydroxyl groups excluding tert-OH is 3. The van der Waals surface area contributed by atoms with E-state index < -0.39 is 42.3 Å². The molecule has 0 amide bonds. The van der Waals surface area contributed by atoms with Crippen LogP contribution in [0.15, 0.2) is 26.3 Å². The van der Waals surface area contributed by atoms with E-state index in [1.807, 2.05) is 0 Å². The molecule has 0 unspecified atom stereocenters. The van der Waals surface area contributed by atoms with Crippen molar-refractivity contribution in [3.05, 3.63) is 37.4 Å².